The van der Waals surface area contributed by atoms with Crippen LogP contribution in [0.5, 0.6) is 0 Å². The number of nitrogens with zero attached hydrogens (tertiary/aromatic N) is 3. The van der Waals surface area contributed by atoms with Crippen LogP contribution in [0, 0.1) is 11.6 Å². The van der Waals surface area contributed by atoms with E-state index in [1.54, 1.807) is 0 Å². The second-order valence-electron chi connectivity index (χ2n) is 6.43. The number of imidazole rings is 1. The number of hydrogen-bond acceptors (Lipinski definition) is 6. The SMILES string of the molecule is O=C(CSc1nnc(CCc2nc3ccccc3[nH]2)o1)NCc1c(F)cccc1F. The van der Waals surface area contributed by atoms with Gasteiger partial charge < -0.3 is 14.7 Å². The van der Waals surface area contributed by atoms with Gasteiger partial charge >= 0.3 is 0 Å². The molecule has 0 radical (unpaired) electrons. The minimum Gasteiger partial charge on any atom is -0.416 e. The van der Waals surface area contributed by atoms with E-state index in [-0.39, 0.29) is 23.1 Å². The summed E-state index contributed by atoms with van der Waals surface area (Å²) >= 11 is 1.06. The number of rotatable bonds is 8. The molecular formula is C20H17F2N5O2S. The second kappa shape index (κ2) is 9.04. The molecule has 0 bridgehead atoms. The highest BCUT2D eigenvalue weighted by Gasteiger charge is 2.13. The number of amides is 1. The molecule has 10 heteroatoms. The average molecular weight is 429 g/mol. The second-order valence-corrected chi connectivity index (χ2v) is 7.35. The normalized spacial score (nSPS) is 11.1. The Morgan fingerprint density at radius 3 is 2.67 bits per heavy atom. The fraction of sp³-hybridized carbons (Fsp3) is 0.200. The van der Waals surface area contributed by atoms with Crippen LogP contribution in [0.2, 0.25) is 0 Å². The molecule has 0 aliphatic heterocycles. The van der Waals surface area contributed by atoms with E-state index in [1.165, 1.54) is 6.07 Å². The van der Waals surface area contributed by atoms with Gasteiger partial charge in [0.25, 0.3) is 5.22 Å². The number of nitrogens with one attached hydrogen (secondary N) is 2. The fourth-order valence-corrected chi connectivity index (χ4v) is 3.42. The molecule has 0 atom stereocenters. The topological polar surface area (TPSA) is 96.7 Å². The highest BCUT2D eigenvalue weighted by molar-refractivity contribution is 7.99. The van der Waals surface area contributed by atoms with E-state index in [0.29, 0.717) is 18.7 Å². The molecule has 0 fully saturated rings. The Morgan fingerprint density at radius 1 is 1.07 bits per heavy atom. The molecule has 0 aliphatic rings. The van der Waals surface area contributed by atoms with Crippen molar-refractivity contribution in [1.82, 2.24) is 25.5 Å². The summed E-state index contributed by atoms with van der Waals surface area (Å²) in [7, 11) is 0. The summed E-state index contributed by atoms with van der Waals surface area (Å²) in [5.74, 6) is -0.552. The van der Waals surface area contributed by atoms with Gasteiger partial charge in [-0.15, -0.1) is 10.2 Å². The molecule has 2 heterocycles. The zero-order chi connectivity index (χ0) is 20.9. The van der Waals surface area contributed by atoms with Crippen LogP contribution in [0.15, 0.2) is 52.1 Å². The van der Waals surface area contributed by atoms with E-state index in [9.17, 15) is 13.6 Å². The summed E-state index contributed by atoms with van der Waals surface area (Å²) in [5.41, 5.74) is 1.69. The molecule has 2 aromatic heterocycles. The van der Waals surface area contributed by atoms with E-state index in [4.69, 9.17) is 4.42 Å². The Hall–Kier alpha value is -3.27. The standard InChI is InChI=1S/C20H17F2N5O2S/c21-13-4-3-5-14(22)12(13)10-23-18(28)11-30-20-27-26-19(29-20)9-8-17-24-15-6-1-2-7-16(15)25-17/h1-7H,8-11H2,(H,23,28)(H,24,25). The van der Waals surface area contributed by atoms with E-state index >= 15 is 0 Å². The van der Waals surface area contributed by atoms with Crippen LogP contribution in [-0.2, 0) is 24.2 Å². The Bertz CT molecular complexity index is 1120. The number of carbonyl (C=O) groups is 1. The largest absolute Gasteiger partial charge is 0.416 e. The number of halogens is 2. The molecule has 0 saturated heterocycles. The third-order valence-corrected chi connectivity index (χ3v) is 5.13. The van der Waals surface area contributed by atoms with Gasteiger partial charge in [-0.1, -0.05) is 30.0 Å². The highest BCUT2D eigenvalue weighted by atomic mass is 32.2. The van der Waals surface area contributed by atoms with Crippen molar-refractivity contribution in [3.05, 3.63) is 71.4 Å². The minimum atomic E-state index is -0.700. The summed E-state index contributed by atoms with van der Waals surface area (Å²) in [4.78, 5) is 19.7. The molecule has 4 rings (SSSR count). The molecular weight excluding hydrogens is 412 g/mol. The first-order chi connectivity index (χ1) is 14.6. The molecule has 2 aromatic carbocycles. The number of hydrogen-bond donors (Lipinski definition) is 2. The number of aryl methyl sites for hydroxylation is 2. The van der Waals surface area contributed by atoms with Crippen LogP contribution in [0.25, 0.3) is 11.0 Å². The highest BCUT2D eigenvalue weighted by Crippen LogP contribution is 2.18. The molecule has 4 aromatic rings. The zero-order valence-electron chi connectivity index (χ0n) is 15.7. The van der Waals surface area contributed by atoms with Crippen LogP contribution in [0.3, 0.4) is 0 Å². The van der Waals surface area contributed by atoms with Crippen molar-refractivity contribution in [3.63, 3.8) is 0 Å². The van der Waals surface area contributed by atoms with Crippen molar-refractivity contribution in [2.75, 3.05) is 5.75 Å². The lowest BCUT2D eigenvalue weighted by Crippen LogP contribution is -2.25. The summed E-state index contributed by atoms with van der Waals surface area (Å²) in [6.45, 7) is -0.232. The molecule has 0 spiro atoms. The van der Waals surface area contributed by atoms with Gasteiger partial charge in [0.2, 0.25) is 11.8 Å². The van der Waals surface area contributed by atoms with Crippen molar-refractivity contribution < 1.29 is 18.0 Å². The number of aromatic nitrogens is 4. The van der Waals surface area contributed by atoms with Gasteiger partial charge in [0.15, 0.2) is 0 Å². The summed E-state index contributed by atoms with van der Waals surface area (Å²) < 4.78 is 32.7. The number of fused-ring (bicyclic) bond motifs is 1. The van der Waals surface area contributed by atoms with Crippen LogP contribution in [0.4, 0.5) is 8.78 Å². The van der Waals surface area contributed by atoms with E-state index in [1.807, 2.05) is 24.3 Å². The van der Waals surface area contributed by atoms with Gasteiger partial charge in [-0.25, -0.2) is 13.8 Å². The Kier molecular flexibility index (Phi) is 6.03. The third kappa shape index (κ3) is 4.82. The molecule has 7 nitrogen and oxygen atoms in total. The van der Waals surface area contributed by atoms with Crippen molar-refractivity contribution >= 4 is 28.7 Å². The maximum absolute atomic E-state index is 13.6. The van der Waals surface area contributed by atoms with E-state index < -0.39 is 17.5 Å². The molecule has 154 valence electrons. The fourth-order valence-electron chi connectivity index (χ4n) is 2.81. The number of para-hydroxylation sites is 2. The molecule has 30 heavy (non-hydrogen) atoms. The van der Waals surface area contributed by atoms with E-state index in [2.05, 4.69) is 25.5 Å². The number of thioether (sulfide) groups is 1. The molecule has 0 saturated carbocycles. The first-order valence-electron chi connectivity index (χ1n) is 9.17. The van der Waals surface area contributed by atoms with Crippen molar-refractivity contribution in [2.24, 2.45) is 0 Å². The first-order valence-corrected chi connectivity index (χ1v) is 10.2. The minimum absolute atomic E-state index is 0.0126. The molecule has 2 N–H and O–H groups in total. The number of benzene rings is 2. The number of carbonyl (C=O) groups excluding carboxylic acids is 1. The van der Waals surface area contributed by atoms with Crippen LogP contribution in [-0.4, -0.2) is 31.8 Å². The summed E-state index contributed by atoms with van der Waals surface area (Å²) in [6.07, 6.45) is 1.11. The molecule has 0 aliphatic carbocycles. The average Bonchev–Trinajstić information content (AvgIpc) is 3.36. The van der Waals surface area contributed by atoms with Gasteiger partial charge in [0, 0.05) is 24.9 Å². The summed E-state index contributed by atoms with van der Waals surface area (Å²) in [6, 6.07) is 11.3. The van der Waals surface area contributed by atoms with Crippen LogP contribution in [0.1, 0.15) is 17.3 Å². The third-order valence-electron chi connectivity index (χ3n) is 4.31. The number of aromatic amines is 1. The maximum Gasteiger partial charge on any atom is 0.277 e. The van der Waals surface area contributed by atoms with Crippen molar-refractivity contribution in [2.45, 2.75) is 24.6 Å². The van der Waals surface area contributed by atoms with Crippen molar-refractivity contribution in [1.29, 1.82) is 0 Å². The predicted molar refractivity (Wildman–Crippen MR) is 107 cm³/mol. The Balaban J connectivity index is 1.24. The lowest BCUT2D eigenvalue weighted by atomic mass is 10.2. The molecule has 1 amide bonds. The lowest BCUT2D eigenvalue weighted by Gasteiger charge is -2.06. The predicted octanol–water partition coefficient (Wildman–Crippen LogP) is 3.42. The van der Waals surface area contributed by atoms with Gasteiger partial charge in [-0.3, -0.25) is 4.79 Å². The smallest absolute Gasteiger partial charge is 0.277 e. The van der Waals surface area contributed by atoms with Crippen LogP contribution >= 0.6 is 11.8 Å². The molecule has 0 unspecified atom stereocenters. The van der Waals surface area contributed by atoms with Gasteiger partial charge in [0.1, 0.15) is 17.5 Å². The summed E-state index contributed by atoms with van der Waals surface area (Å²) in [5, 5.41) is 10.6. The van der Waals surface area contributed by atoms with Gasteiger partial charge in [0.05, 0.1) is 16.8 Å². The monoisotopic (exact) mass is 429 g/mol. The lowest BCUT2D eigenvalue weighted by molar-refractivity contribution is -0.118. The Labute approximate surface area is 174 Å². The Morgan fingerprint density at radius 2 is 1.87 bits per heavy atom. The van der Waals surface area contributed by atoms with Crippen LogP contribution < -0.4 is 5.32 Å². The van der Waals surface area contributed by atoms with Gasteiger partial charge in [-0.05, 0) is 24.3 Å². The first kappa shape index (κ1) is 20.0. The number of H-pyrrole nitrogens is 1. The van der Waals surface area contributed by atoms with E-state index in [0.717, 1.165) is 40.8 Å². The maximum atomic E-state index is 13.6. The van der Waals surface area contributed by atoms with Crippen molar-refractivity contribution in [3.8, 4) is 0 Å². The zero-order valence-corrected chi connectivity index (χ0v) is 16.5. The quantitative estimate of drug-likeness (QED) is 0.417. The van der Waals surface area contributed by atoms with Gasteiger partial charge in [-0.2, -0.15) is 0 Å².